The fourth-order valence-corrected chi connectivity index (χ4v) is 2.57. The van der Waals surface area contributed by atoms with Crippen LogP contribution in [0, 0.1) is 0 Å². The molecule has 1 aromatic heterocycles. The van der Waals surface area contributed by atoms with Crippen LogP contribution >= 0.6 is 23.2 Å². The second-order valence-electron chi connectivity index (χ2n) is 4.84. The van der Waals surface area contributed by atoms with Gasteiger partial charge < -0.3 is 4.90 Å². The van der Waals surface area contributed by atoms with Gasteiger partial charge in [-0.05, 0) is 24.6 Å². The van der Waals surface area contributed by atoms with Crippen molar-refractivity contribution >= 4 is 29.1 Å². The number of aryl methyl sites for hydroxylation is 1. The van der Waals surface area contributed by atoms with E-state index in [-0.39, 0.29) is 12.3 Å². The Bertz CT molecular complexity index is 640. The number of aromatic nitrogens is 2. The topological polar surface area (TPSA) is 38.1 Å². The summed E-state index contributed by atoms with van der Waals surface area (Å²) in [6.45, 7) is 3.14. The Balaban J connectivity index is 2.06. The molecule has 4 nitrogen and oxygen atoms in total. The van der Waals surface area contributed by atoms with Gasteiger partial charge in [0, 0.05) is 41.9 Å². The molecule has 112 valence electrons. The molecular formula is C15H17Cl2N3O. The third kappa shape index (κ3) is 4.22. The van der Waals surface area contributed by atoms with Crippen molar-refractivity contribution in [1.82, 2.24) is 14.7 Å². The maximum Gasteiger partial charge on any atom is 0.227 e. The molecule has 2 aromatic rings. The van der Waals surface area contributed by atoms with Crippen molar-refractivity contribution in [3.8, 4) is 0 Å². The van der Waals surface area contributed by atoms with E-state index in [2.05, 4.69) is 5.10 Å². The van der Waals surface area contributed by atoms with Gasteiger partial charge in [-0.15, -0.1) is 0 Å². The molecular weight excluding hydrogens is 309 g/mol. The number of hydrogen-bond acceptors (Lipinski definition) is 2. The first-order valence-electron chi connectivity index (χ1n) is 6.68. The fourth-order valence-electron chi connectivity index (χ4n) is 2.09. The largest absolute Gasteiger partial charge is 0.338 e. The lowest BCUT2D eigenvalue weighted by Gasteiger charge is -2.20. The van der Waals surface area contributed by atoms with Gasteiger partial charge in [-0.1, -0.05) is 29.3 Å². The third-order valence-corrected chi connectivity index (χ3v) is 3.81. The standard InChI is InChI=1S/C15H17Cl2N3O/c1-3-20(10-11-8-18-19(2)9-11)15(21)6-12-4-5-13(16)7-14(12)17/h4-5,7-9H,3,6,10H2,1-2H3. The molecule has 1 amide bonds. The SMILES string of the molecule is CCN(Cc1cnn(C)c1)C(=O)Cc1ccc(Cl)cc1Cl. The van der Waals surface area contributed by atoms with E-state index in [0.29, 0.717) is 23.1 Å². The van der Waals surface area contributed by atoms with Crippen LogP contribution in [0.4, 0.5) is 0 Å². The van der Waals surface area contributed by atoms with Crippen molar-refractivity contribution in [2.45, 2.75) is 19.9 Å². The number of carbonyl (C=O) groups excluding carboxylic acids is 1. The summed E-state index contributed by atoms with van der Waals surface area (Å²) in [5.41, 5.74) is 1.80. The van der Waals surface area contributed by atoms with E-state index >= 15 is 0 Å². The zero-order valence-corrected chi connectivity index (χ0v) is 13.5. The fraction of sp³-hybridized carbons (Fsp3) is 0.333. The molecule has 1 heterocycles. The number of rotatable bonds is 5. The predicted octanol–water partition coefficient (Wildman–Crippen LogP) is 3.32. The molecule has 0 aliphatic carbocycles. The highest BCUT2D eigenvalue weighted by Gasteiger charge is 2.15. The number of nitrogens with zero attached hydrogens (tertiary/aromatic N) is 3. The van der Waals surface area contributed by atoms with Crippen molar-refractivity contribution in [3.63, 3.8) is 0 Å². The summed E-state index contributed by atoms with van der Waals surface area (Å²) in [5, 5.41) is 5.20. The summed E-state index contributed by atoms with van der Waals surface area (Å²) in [6, 6.07) is 5.19. The lowest BCUT2D eigenvalue weighted by atomic mass is 10.1. The Kier molecular flexibility index (Phi) is 5.26. The second kappa shape index (κ2) is 6.96. The van der Waals surface area contributed by atoms with Gasteiger partial charge >= 0.3 is 0 Å². The van der Waals surface area contributed by atoms with Gasteiger partial charge in [0.15, 0.2) is 0 Å². The van der Waals surface area contributed by atoms with Crippen molar-refractivity contribution in [3.05, 3.63) is 51.8 Å². The highest BCUT2D eigenvalue weighted by molar-refractivity contribution is 6.35. The highest BCUT2D eigenvalue weighted by atomic mass is 35.5. The van der Waals surface area contributed by atoms with Crippen LogP contribution in [0.3, 0.4) is 0 Å². The Morgan fingerprint density at radius 2 is 2.14 bits per heavy atom. The van der Waals surface area contributed by atoms with Crippen LogP contribution in [0.1, 0.15) is 18.1 Å². The first-order valence-corrected chi connectivity index (χ1v) is 7.44. The molecule has 21 heavy (non-hydrogen) atoms. The molecule has 0 N–H and O–H groups in total. The molecule has 0 unspecified atom stereocenters. The molecule has 0 aliphatic heterocycles. The normalized spacial score (nSPS) is 10.7. The molecule has 0 saturated heterocycles. The molecule has 0 fully saturated rings. The molecule has 0 radical (unpaired) electrons. The van der Waals surface area contributed by atoms with Gasteiger partial charge in [0.1, 0.15) is 0 Å². The minimum absolute atomic E-state index is 0.0329. The number of amides is 1. The summed E-state index contributed by atoms with van der Waals surface area (Å²) < 4.78 is 1.73. The lowest BCUT2D eigenvalue weighted by molar-refractivity contribution is -0.130. The maximum atomic E-state index is 12.4. The summed E-state index contributed by atoms with van der Waals surface area (Å²) >= 11 is 12.0. The van der Waals surface area contributed by atoms with Crippen LogP contribution in [0.5, 0.6) is 0 Å². The number of benzene rings is 1. The first kappa shape index (κ1) is 15.9. The van der Waals surface area contributed by atoms with E-state index in [1.54, 1.807) is 34.0 Å². The number of hydrogen-bond donors (Lipinski definition) is 0. The molecule has 0 aliphatic rings. The molecule has 0 saturated carbocycles. The van der Waals surface area contributed by atoms with Crippen LogP contribution in [0.25, 0.3) is 0 Å². The number of likely N-dealkylation sites (N-methyl/N-ethyl adjacent to an activating group) is 1. The van der Waals surface area contributed by atoms with E-state index < -0.39 is 0 Å². The summed E-state index contributed by atoms with van der Waals surface area (Å²) in [4.78, 5) is 14.2. The van der Waals surface area contributed by atoms with Gasteiger partial charge in [-0.2, -0.15) is 5.10 Å². The van der Waals surface area contributed by atoms with Gasteiger partial charge in [0.05, 0.1) is 12.6 Å². The average molecular weight is 326 g/mol. The van der Waals surface area contributed by atoms with Crippen molar-refractivity contribution in [1.29, 1.82) is 0 Å². The molecule has 0 spiro atoms. The smallest absolute Gasteiger partial charge is 0.227 e. The van der Waals surface area contributed by atoms with E-state index in [0.717, 1.165) is 11.1 Å². The van der Waals surface area contributed by atoms with Crippen LogP contribution in [0.2, 0.25) is 10.0 Å². The molecule has 0 atom stereocenters. The molecule has 6 heteroatoms. The third-order valence-electron chi connectivity index (χ3n) is 3.22. The van der Waals surface area contributed by atoms with Crippen LogP contribution in [0.15, 0.2) is 30.6 Å². The van der Waals surface area contributed by atoms with Crippen LogP contribution in [-0.2, 0) is 24.8 Å². The van der Waals surface area contributed by atoms with E-state index in [1.165, 1.54) is 0 Å². The highest BCUT2D eigenvalue weighted by Crippen LogP contribution is 2.22. The average Bonchev–Trinajstić information content (AvgIpc) is 2.84. The maximum absolute atomic E-state index is 12.4. The van der Waals surface area contributed by atoms with E-state index in [4.69, 9.17) is 23.2 Å². The quantitative estimate of drug-likeness (QED) is 0.845. The minimum atomic E-state index is 0.0329. The van der Waals surface area contributed by atoms with Crippen molar-refractivity contribution < 1.29 is 4.79 Å². The minimum Gasteiger partial charge on any atom is -0.338 e. The van der Waals surface area contributed by atoms with Gasteiger partial charge in [-0.25, -0.2) is 0 Å². The summed E-state index contributed by atoms with van der Waals surface area (Å²) in [6.07, 6.45) is 3.94. The van der Waals surface area contributed by atoms with Crippen molar-refractivity contribution in [2.75, 3.05) is 6.54 Å². The monoisotopic (exact) mass is 325 g/mol. The summed E-state index contributed by atoms with van der Waals surface area (Å²) in [7, 11) is 1.86. The first-order chi connectivity index (χ1) is 9.99. The Morgan fingerprint density at radius 3 is 2.71 bits per heavy atom. The van der Waals surface area contributed by atoms with E-state index in [9.17, 15) is 4.79 Å². The van der Waals surface area contributed by atoms with Crippen LogP contribution < -0.4 is 0 Å². The zero-order valence-electron chi connectivity index (χ0n) is 12.0. The van der Waals surface area contributed by atoms with Gasteiger partial charge in [0.2, 0.25) is 5.91 Å². The zero-order chi connectivity index (χ0) is 15.4. The predicted molar refractivity (Wildman–Crippen MR) is 84.5 cm³/mol. The second-order valence-corrected chi connectivity index (χ2v) is 5.69. The van der Waals surface area contributed by atoms with Crippen molar-refractivity contribution in [2.24, 2.45) is 7.05 Å². The Hall–Kier alpha value is -1.52. The summed E-state index contributed by atoms with van der Waals surface area (Å²) in [5.74, 6) is 0.0329. The van der Waals surface area contributed by atoms with E-state index in [1.807, 2.05) is 20.2 Å². The lowest BCUT2D eigenvalue weighted by Crippen LogP contribution is -2.31. The Labute approximate surface area is 134 Å². The van der Waals surface area contributed by atoms with Gasteiger partial charge in [0.25, 0.3) is 0 Å². The van der Waals surface area contributed by atoms with Crippen LogP contribution in [-0.4, -0.2) is 27.1 Å². The molecule has 2 rings (SSSR count). The Morgan fingerprint density at radius 1 is 1.38 bits per heavy atom. The molecule has 0 bridgehead atoms. The number of halogens is 2. The molecule has 1 aromatic carbocycles. The van der Waals surface area contributed by atoms with Gasteiger partial charge in [-0.3, -0.25) is 9.48 Å². The number of carbonyl (C=O) groups is 1.